The molecule has 0 N–H and O–H groups in total. The summed E-state index contributed by atoms with van der Waals surface area (Å²) in [6.45, 7) is 8.05. The number of fused-ring (bicyclic) bond motifs is 1. The molecular weight excluding hydrogens is 497 g/mol. The normalized spacial score (nSPS) is 15.2. The SMILES string of the molecule is CC(C)Cc1nnc(-c2cc3c(OCCCN4CCC(c5ccc(Cl)c(Cl)c5)CC4)cccc3o2)o1. The molecule has 8 heteroatoms. The van der Waals surface area contributed by atoms with Gasteiger partial charge in [-0.3, -0.25) is 0 Å². The fourth-order valence-electron chi connectivity index (χ4n) is 4.78. The van der Waals surface area contributed by atoms with Crippen molar-refractivity contribution >= 4 is 34.2 Å². The van der Waals surface area contributed by atoms with Gasteiger partial charge in [-0.1, -0.05) is 49.2 Å². The van der Waals surface area contributed by atoms with E-state index in [2.05, 4.69) is 35.0 Å². The van der Waals surface area contributed by atoms with Crippen LogP contribution in [-0.2, 0) is 6.42 Å². The largest absolute Gasteiger partial charge is 0.493 e. The Balaban J connectivity index is 1.12. The number of benzene rings is 2. The summed E-state index contributed by atoms with van der Waals surface area (Å²) >= 11 is 12.3. The fourth-order valence-corrected chi connectivity index (χ4v) is 5.08. The Labute approximate surface area is 221 Å². The number of likely N-dealkylation sites (tertiary alicyclic amines) is 1. The van der Waals surface area contributed by atoms with E-state index in [9.17, 15) is 0 Å². The summed E-state index contributed by atoms with van der Waals surface area (Å²) in [6.07, 6.45) is 3.96. The van der Waals surface area contributed by atoms with Crippen molar-refractivity contribution in [2.24, 2.45) is 5.92 Å². The highest BCUT2D eigenvalue weighted by Crippen LogP contribution is 2.34. The third-order valence-electron chi connectivity index (χ3n) is 6.66. The quantitative estimate of drug-likeness (QED) is 0.208. The predicted octanol–water partition coefficient (Wildman–Crippen LogP) is 7.64. The lowest BCUT2D eigenvalue weighted by molar-refractivity contribution is 0.193. The molecule has 2 aromatic carbocycles. The number of piperidine rings is 1. The molecule has 0 radical (unpaired) electrons. The molecule has 2 aromatic heterocycles. The molecule has 6 nitrogen and oxygen atoms in total. The molecule has 190 valence electrons. The molecule has 0 atom stereocenters. The smallest absolute Gasteiger partial charge is 0.283 e. The highest BCUT2D eigenvalue weighted by atomic mass is 35.5. The number of rotatable bonds is 9. The van der Waals surface area contributed by atoms with E-state index in [1.54, 1.807) is 0 Å². The van der Waals surface area contributed by atoms with Crippen LogP contribution >= 0.6 is 23.2 Å². The van der Waals surface area contributed by atoms with Gasteiger partial charge in [0.05, 0.1) is 22.0 Å². The van der Waals surface area contributed by atoms with E-state index in [1.807, 2.05) is 36.4 Å². The van der Waals surface area contributed by atoms with E-state index in [0.717, 1.165) is 62.0 Å². The minimum absolute atomic E-state index is 0.400. The molecule has 0 aliphatic carbocycles. The van der Waals surface area contributed by atoms with Crippen LogP contribution in [0.1, 0.15) is 50.5 Å². The molecule has 0 saturated carbocycles. The van der Waals surface area contributed by atoms with Crippen molar-refractivity contribution in [1.82, 2.24) is 15.1 Å². The maximum absolute atomic E-state index is 6.21. The van der Waals surface area contributed by atoms with Gasteiger partial charge in [-0.2, -0.15) is 0 Å². The molecule has 0 amide bonds. The summed E-state index contributed by atoms with van der Waals surface area (Å²) in [4.78, 5) is 2.51. The van der Waals surface area contributed by atoms with Crippen molar-refractivity contribution in [3.63, 3.8) is 0 Å². The molecule has 36 heavy (non-hydrogen) atoms. The number of ether oxygens (including phenoxy) is 1. The molecule has 3 heterocycles. The number of hydrogen-bond acceptors (Lipinski definition) is 6. The second kappa shape index (κ2) is 11.2. The Morgan fingerprint density at radius 2 is 1.86 bits per heavy atom. The van der Waals surface area contributed by atoms with Crippen LogP contribution in [-0.4, -0.2) is 41.3 Å². The molecule has 5 rings (SSSR count). The highest BCUT2D eigenvalue weighted by Gasteiger charge is 2.21. The van der Waals surface area contributed by atoms with Crippen LogP contribution < -0.4 is 4.74 Å². The number of furan rings is 1. The zero-order valence-electron chi connectivity index (χ0n) is 20.7. The van der Waals surface area contributed by atoms with Gasteiger partial charge in [0, 0.05) is 19.0 Å². The van der Waals surface area contributed by atoms with Crippen molar-refractivity contribution in [2.75, 3.05) is 26.2 Å². The Hall–Kier alpha value is -2.54. The number of nitrogens with zero attached hydrogens (tertiary/aromatic N) is 3. The Kier molecular flexibility index (Phi) is 7.85. The van der Waals surface area contributed by atoms with Crippen LogP contribution in [0.15, 0.2) is 51.3 Å². The van der Waals surface area contributed by atoms with Crippen LogP contribution in [0.3, 0.4) is 0 Å². The van der Waals surface area contributed by atoms with Gasteiger partial charge in [-0.05, 0) is 74.0 Å². The molecule has 4 aromatic rings. The van der Waals surface area contributed by atoms with Gasteiger partial charge in [0.25, 0.3) is 5.89 Å². The van der Waals surface area contributed by atoms with Crippen molar-refractivity contribution in [2.45, 2.75) is 45.4 Å². The molecule has 1 fully saturated rings. The maximum Gasteiger partial charge on any atom is 0.283 e. The lowest BCUT2D eigenvalue weighted by Gasteiger charge is -2.32. The number of halogens is 2. The van der Waals surface area contributed by atoms with Gasteiger partial charge < -0.3 is 18.5 Å². The lowest BCUT2D eigenvalue weighted by atomic mass is 9.89. The Bertz CT molecular complexity index is 1310. The van der Waals surface area contributed by atoms with Crippen LogP contribution in [0.4, 0.5) is 0 Å². The summed E-state index contributed by atoms with van der Waals surface area (Å²) in [5.74, 6) is 3.38. The average molecular weight is 528 g/mol. The van der Waals surface area contributed by atoms with E-state index in [1.165, 1.54) is 5.56 Å². The highest BCUT2D eigenvalue weighted by molar-refractivity contribution is 6.42. The Morgan fingerprint density at radius 1 is 1.03 bits per heavy atom. The van der Waals surface area contributed by atoms with Crippen LogP contribution in [0, 0.1) is 5.92 Å². The van der Waals surface area contributed by atoms with Gasteiger partial charge in [0.2, 0.25) is 5.89 Å². The van der Waals surface area contributed by atoms with Gasteiger partial charge in [-0.25, -0.2) is 0 Å². The van der Waals surface area contributed by atoms with Gasteiger partial charge in [-0.15, -0.1) is 10.2 Å². The van der Waals surface area contributed by atoms with E-state index in [-0.39, 0.29) is 0 Å². The summed E-state index contributed by atoms with van der Waals surface area (Å²) in [6, 6.07) is 13.8. The molecule has 1 aliphatic rings. The minimum Gasteiger partial charge on any atom is -0.493 e. The second-order valence-electron chi connectivity index (χ2n) is 9.87. The molecule has 1 aliphatic heterocycles. The first kappa shape index (κ1) is 25.1. The van der Waals surface area contributed by atoms with E-state index in [4.69, 9.17) is 36.8 Å². The Morgan fingerprint density at radius 3 is 2.64 bits per heavy atom. The average Bonchev–Trinajstić information content (AvgIpc) is 3.51. The summed E-state index contributed by atoms with van der Waals surface area (Å²) in [5.41, 5.74) is 2.03. The number of hydrogen-bond donors (Lipinski definition) is 0. The molecule has 0 spiro atoms. The van der Waals surface area contributed by atoms with Gasteiger partial charge in [0.15, 0.2) is 5.76 Å². The second-order valence-corrected chi connectivity index (χ2v) is 10.7. The fraction of sp³-hybridized carbons (Fsp3) is 0.429. The minimum atomic E-state index is 0.400. The zero-order chi connectivity index (χ0) is 25.1. The maximum atomic E-state index is 6.21. The van der Waals surface area contributed by atoms with Crippen molar-refractivity contribution in [3.05, 3.63) is 64.0 Å². The van der Waals surface area contributed by atoms with Crippen LogP contribution in [0.2, 0.25) is 10.0 Å². The monoisotopic (exact) mass is 527 g/mol. The summed E-state index contributed by atoms with van der Waals surface area (Å²) in [7, 11) is 0. The van der Waals surface area contributed by atoms with E-state index >= 15 is 0 Å². The van der Waals surface area contributed by atoms with Crippen LogP contribution in [0.5, 0.6) is 5.75 Å². The van der Waals surface area contributed by atoms with Gasteiger partial charge in [0.1, 0.15) is 11.3 Å². The van der Waals surface area contributed by atoms with Crippen molar-refractivity contribution in [3.8, 4) is 17.4 Å². The van der Waals surface area contributed by atoms with Gasteiger partial charge >= 0.3 is 0 Å². The molecule has 0 unspecified atom stereocenters. The molecular formula is C28H31Cl2N3O3. The van der Waals surface area contributed by atoms with Crippen molar-refractivity contribution < 1.29 is 13.6 Å². The van der Waals surface area contributed by atoms with Crippen LogP contribution in [0.25, 0.3) is 22.6 Å². The first-order chi connectivity index (χ1) is 17.5. The predicted molar refractivity (Wildman–Crippen MR) is 143 cm³/mol. The summed E-state index contributed by atoms with van der Waals surface area (Å²) in [5, 5.41) is 10.5. The van der Waals surface area contributed by atoms with Crippen molar-refractivity contribution in [1.29, 1.82) is 0 Å². The van der Waals surface area contributed by atoms with E-state index in [0.29, 0.717) is 46.0 Å². The first-order valence-electron chi connectivity index (χ1n) is 12.6. The molecule has 0 bridgehead atoms. The first-order valence-corrected chi connectivity index (χ1v) is 13.4. The summed E-state index contributed by atoms with van der Waals surface area (Å²) < 4.78 is 17.9. The number of aromatic nitrogens is 2. The third kappa shape index (κ3) is 5.88. The topological polar surface area (TPSA) is 64.5 Å². The third-order valence-corrected chi connectivity index (χ3v) is 7.40. The van der Waals surface area contributed by atoms with E-state index < -0.39 is 0 Å². The standard InChI is InChI=1S/C28H31Cl2N3O3/c1-18(2)15-27-31-32-28(36-27)26-17-21-24(5-3-6-25(21)35-26)34-14-4-11-33-12-9-19(10-13-33)20-7-8-22(29)23(30)16-20/h3,5-8,16-19H,4,9-15H2,1-2H3. The molecule has 1 saturated heterocycles. The lowest BCUT2D eigenvalue weighted by Crippen LogP contribution is -2.34. The zero-order valence-corrected chi connectivity index (χ0v) is 22.2.